The van der Waals surface area contributed by atoms with Crippen LogP contribution < -0.4 is 0 Å². The molecule has 0 unspecified atom stereocenters. The first-order valence-electron chi connectivity index (χ1n) is 11.2. The molecule has 2 heterocycles. The van der Waals surface area contributed by atoms with E-state index < -0.39 is 0 Å². The topological polar surface area (TPSA) is 74.7 Å². The van der Waals surface area contributed by atoms with Gasteiger partial charge >= 0.3 is 0 Å². The maximum absolute atomic E-state index is 10.6. The van der Waals surface area contributed by atoms with Crippen molar-refractivity contribution < 1.29 is 26.2 Å². The summed E-state index contributed by atoms with van der Waals surface area (Å²) < 4.78 is 2.15. The van der Waals surface area contributed by atoms with Crippen LogP contribution in [0.15, 0.2) is 79.0 Å². The van der Waals surface area contributed by atoms with Gasteiger partial charge < -0.3 is 9.67 Å². The van der Waals surface area contributed by atoms with Crippen LogP contribution in [0.3, 0.4) is 0 Å². The predicted octanol–water partition coefficient (Wildman–Crippen LogP) is 6.46. The van der Waals surface area contributed by atoms with Crippen LogP contribution in [0.5, 0.6) is 5.75 Å². The van der Waals surface area contributed by atoms with E-state index in [1.54, 1.807) is 18.3 Å². The van der Waals surface area contributed by atoms with E-state index in [1.165, 1.54) is 0 Å². The summed E-state index contributed by atoms with van der Waals surface area (Å²) in [6.45, 7) is 5.05. The SMILES string of the molecule is CC(C)Cn1c(-c2ccccc2O)nc2c(-c3[c-]c(-c4ccccn4)ccc3C#N)cccc21.[Pt]. The summed E-state index contributed by atoms with van der Waals surface area (Å²) in [6.07, 6.45) is 1.74. The number of aromatic nitrogens is 3. The summed E-state index contributed by atoms with van der Waals surface area (Å²) in [6, 6.07) is 28.4. The fourth-order valence-electron chi connectivity index (χ4n) is 4.24. The monoisotopic (exact) mass is 638 g/mol. The molecule has 0 fully saturated rings. The molecule has 0 aliphatic heterocycles. The van der Waals surface area contributed by atoms with Gasteiger partial charge in [-0.2, -0.15) is 0 Å². The summed E-state index contributed by atoms with van der Waals surface area (Å²) in [5.41, 5.74) is 6.04. The fraction of sp³-hybridized carbons (Fsp3) is 0.138. The van der Waals surface area contributed by atoms with Gasteiger partial charge in [0.05, 0.1) is 22.7 Å². The summed E-state index contributed by atoms with van der Waals surface area (Å²) >= 11 is 0. The van der Waals surface area contributed by atoms with Crippen molar-refractivity contribution in [3.8, 4) is 45.6 Å². The molecule has 6 heteroatoms. The average molecular weight is 639 g/mol. The Kier molecular flexibility index (Phi) is 7.14. The Balaban J connectivity index is 0.00000289. The average Bonchev–Trinajstić information content (AvgIpc) is 3.22. The minimum Gasteiger partial charge on any atom is -0.507 e. The number of rotatable bonds is 5. The summed E-state index contributed by atoms with van der Waals surface area (Å²) in [7, 11) is 0. The first-order chi connectivity index (χ1) is 16.6. The summed E-state index contributed by atoms with van der Waals surface area (Å²) in [5, 5.41) is 20.4. The molecule has 0 saturated carbocycles. The molecule has 0 saturated heterocycles. The molecule has 0 aliphatic carbocycles. The van der Waals surface area contributed by atoms with Gasteiger partial charge in [0.1, 0.15) is 11.6 Å². The van der Waals surface area contributed by atoms with E-state index in [1.807, 2.05) is 60.7 Å². The number of nitriles is 1. The number of aromatic hydroxyl groups is 1. The zero-order valence-corrected chi connectivity index (χ0v) is 21.6. The second kappa shape index (κ2) is 10.3. The summed E-state index contributed by atoms with van der Waals surface area (Å²) in [5.74, 6) is 1.26. The molecule has 0 amide bonds. The number of para-hydroxylation sites is 2. The molecule has 0 spiro atoms. The number of fused-ring (bicyclic) bond motifs is 1. The Hall–Kier alpha value is -3.74. The van der Waals surface area contributed by atoms with E-state index in [-0.39, 0.29) is 26.8 Å². The smallest absolute Gasteiger partial charge is 0.144 e. The molecule has 2 aromatic heterocycles. The molecule has 3 aromatic carbocycles. The molecular weight excluding hydrogens is 615 g/mol. The molecule has 5 nitrogen and oxygen atoms in total. The van der Waals surface area contributed by atoms with Crippen LogP contribution >= 0.6 is 0 Å². The number of phenols is 1. The van der Waals surface area contributed by atoms with Crippen LogP contribution in [0.4, 0.5) is 0 Å². The zero-order chi connectivity index (χ0) is 23.7. The van der Waals surface area contributed by atoms with Gasteiger partial charge in [0, 0.05) is 39.5 Å². The number of hydrogen-bond donors (Lipinski definition) is 1. The van der Waals surface area contributed by atoms with E-state index in [0.717, 1.165) is 34.4 Å². The van der Waals surface area contributed by atoms with E-state index in [9.17, 15) is 10.4 Å². The van der Waals surface area contributed by atoms with Crippen LogP contribution in [-0.4, -0.2) is 19.6 Å². The van der Waals surface area contributed by atoms with E-state index in [2.05, 4.69) is 35.5 Å². The van der Waals surface area contributed by atoms with Gasteiger partial charge in [-0.25, -0.2) is 10.2 Å². The van der Waals surface area contributed by atoms with Gasteiger partial charge in [-0.3, -0.25) is 4.98 Å². The standard InChI is InChI=1S/C29H23N4O.Pt/c1-19(2)18-33-26-11-7-9-22(28(26)32-29(33)23-8-3-4-12-27(23)34)24-16-20(13-14-21(24)17-30)25-10-5-6-15-31-25;/h3-15,19,34H,18H2,1-2H3;/q-1;. The molecular formula is C29H23N4OPt-. The van der Waals surface area contributed by atoms with Crippen LogP contribution in [0, 0.1) is 23.3 Å². The Bertz CT molecular complexity index is 1530. The zero-order valence-electron chi connectivity index (χ0n) is 19.3. The van der Waals surface area contributed by atoms with E-state index in [0.29, 0.717) is 28.4 Å². The molecule has 0 atom stereocenters. The van der Waals surface area contributed by atoms with Gasteiger partial charge in [-0.05, 0) is 35.7 Å². The van der Waals surface area contributed by atoms with Crippen molar-refractivity contribution in [2.75, 3.05) is 0 Å². The van der Waals surface area contributed by atoms with Crippen molar-refractivity contribution in [2.45, 2.75) is 20.4 Å². The van der Waals surface area contributed by atoms with Crippen molar-refractivity contribution in [1.82, 2.24) is 14.5 Å². The third kappa shape index (κ3) is 4.63. The fourth-order valence-corrected chi connectivity index (χ4v) is 4.24. The second-order valence-electron chi connectivity index (χ2n) is 8.62. The van der Waals surface area contributed by atoms with Crippen molar-refractivity contribution >= 4 is 11.0 Å². The number of phenolic OH excluding ortho intramolecular Hbond substituents is 1. The van der Waals surface area contributed by atoms with Crippen LogP contribution in [-0.2, 0) is 27.6 Å². The Labute approximate surface area is 219 Å². The molecule has 176 valence electrons. The van der Waals surface area contributed by atoms with Gasteiger partial charge in [0.25, 0.3) is 0 Å². The molecule has 5 rings (SSSR count). The second-order valence-corrected chi connectivity index (χ2v) is 8.62. The number of pyridine rings is 1. The molecule has 0 radical (unpaired) electrons. The molecule has 1 N–H and O–H groups in total. The molecule has 0 bridgehead atoms. The normalized spacial score (nSPS) is 10.8. The number of nitrogens with zero attached hydrogens (tertiary/aromatic N) is 4. The maximum atomic E-state index is 10.6. The van der Waals surface area contributed by atoms with E-state index in [4.69, 9.17) is 4.98 Å². The van der Waals surface area contributed by atoms with Gasteiger partial charge in [-0.15, -0.1) is 18.2 Å². The van der Waals surface area contributed by atoms with Crippen molar-refractivity contribution in [3.05, 3.63) is 90.6 Å². The van der Waals surface area contributed by atoms with E-state index >= 15 is 0 Å². The minimum atomic E-state index is 0. The Morgan fingerprint density at radius 1 is 0.971 bits per heavy atom. The van der Waals surface area contributed by atoms with Gasteiger partial charge in [0.15, 0.2) is 0 Å². The Morgan fingerprint density at radius 3 is 2.46 bits per heavy atom. The first kappa shape index (κ1) is 24.4. The molecule has 35 heavy (non-hydrogen) atoms. The Morgan fingerprint density at radius 2 is 1.74 bits per heavy atom. The van der Waals surface area contributed by atoms with Crippen molar-refractivity contribution in [3.63, 3.8) is 0 Å². The number of imidazole rings is 1. The van der Waals surface area contributed by atoms with Gasteiger partial charge in [-0.1, -0.05) is 66.9 Å². The molecule has 5 aromatic rings. The largest absolute Gasteiger partial charge is 0.507 e. The molecule has 0 aliphatic rings. The minimum absolute atomic E-state index is 0. The number of benzene rings is 3. The van der Waals surface area contributed by atoms with Crippen molar-refractivity contribution in [2.24, 2.45) is 5.92 Å². The predicted molar refractivity (Wildman–Crippen MR) is 134 cm³/mol. The van der Waals surface area contributed by atoms with Gasteiger partial charge in [0.2, 0.25) is 0 Å². The van der Waals surface area contributed by atoms with Crippen LogP contribution in [0.2, 0.25) is 0 Å². The van der Waals surface area contributed by atoms with Crippen molar-refractivity contribution in [1.29, 1.82) is 5.26 Å². The first-order valence-corrected chi connectivity index (χ1v) is 11.2. The maximum Gasteiger partial charge on any atom is 0.144 e. The van der Waals surface area contributed by atoms with Crippen LogP contribution in [0.25, 0.3) is 44.8 Å². The third-order valence-electron chi connectivity index (χ3n) is 5.75. The summed E-state index contributed by atoms with van der Waals surface area (Å²) in [4.78, 5) is 9.45. The number of hydrogen-bond acceptors (Lipinski definition) is 4. The van der Waals surface area contributed by atoms with Crippen LogP contribution in [0.1, 0.15) is 19.4 Å². The third-order valence-corrected chi connectivity index (χ3v) is 5.75. The quantitative estimate of drug-likeness (QED) is 0.224.